The molecule has 326 valence electrons. The highest BCUT2D eigenvalue weighted by molar-refractivity contribution is 5.70. The molecule has 0 aromatic carbocycles. The molecule has 58 heavy (non-hydrogen) atoms. The van der Waals surface area contributed by atoms with Gasteiger partial charge in [0.2, 0.25) is 0 Å². The van der Waals surface area contributed by atoms with Gasteiger partial charge in [-0.15, -0.1) is 0 Å². The normalized spacial score (nSPS) is 13.4. The molecular weight excluding hydrogens is 717 g/mol. The summed E-state index contributed by atoms with van der Waals surface area (Å²) >= 11 is 0. The van der Waals surface area contributed by atoms with Crippen LogP contribution in [0.15, 0.2) is 122 Å². The Labute approximate surface area is 356 Å². The van der Waals surface area contributed by atoms with Crippen molar-refractivity contribution in [2.45, 2.75) is 181 Å². The van der Waals surface area contributed by atoms with Crippen LogP contribution < -0.4 is 0 Å². The Balaban J connectivity index is 4.49. The van der Waals surface area contributed by atoms with E-state index in [4.69, 9.17) is 14.2 Å². The number of unbranched alkanes of at least 4 members (excludes halogenated alkanes) is 9. The summed E-state index contributed by atoms with van der Waals surface area (Å²) in [4.78, 5) is 25.2. The van der Waals surface area contributed by atoms with Crippen LogP contribution in [0.5, 0.6) is 0 Å². The summed E-state index contributed by atoms with van der Waals surface area (Å²) in [6.45, 7) is 7.36. The van der Waals surface area contributed by atoms with E-state index >= 15 is 0 Å². The van der Waals surface area contributed by atoms with Gasteiger partial charge in [-0.3, -0.25) is 9.59 Å². The van der Waals surface area contributed by atoms with Gasteiger partial charge in [0.05, 0.1) is 6.61 Å². The van der Waals surface area contributed by atoms with E-state index < -0.39 is 6.10 Å². The van der Waals surface area contributed by atoms with Crippen molar-refractivity contribution in [3.05, 3.63) is 122 Å². The number of hydrogen-bond donors (Lipinski definition) is 0. The molecule has 0 spiro atoms. The zero-order valence-corrected chi connectivity index (χ0v) is 37.3. The third-order valence-electron chi connectivity index (χ3n) is 8.99. The van der Waals surface area contributed by atoms with Gasteiger partial charge in [0.25, 0.3) is 0 Å². The standard InChI is InChI=1S/C53H84O5/c1-4-7-10-13-16-19-22-25-26-27-30-33-36-39-42-45-48-56-49-51(58-53(55)47-44-41-38-35-32-29-24-21-18-15-12-9-6-3)50-57-52(54)46-43-40-37-34-31-28-23-20-17-14-11-8-5-2/h8-9,11-12,16-21,25-26,28-29,31-32,37-38,40-41,51H,4-7,10,13-15,22-24,27,30,33-36,39,42-50H2,1-3H3/b11-8-,12-9-,19-16-,20-17-,21-18-,26-25-,31-28-,32-29-,40-37-,41-38-. The van der Waals surface area contributed by atoms with E-state index in [0.29, 0.717) is 19.4 Å². The lowest BCUT2D eigenvalue weighted by atomic mass is 10.1. The van der Waals surface area contributed by atoms with E-state index in [1.54, 1.807) is 0 Å². The number of carbonyl (C=O) groups is 2. The maximum Gasteiger partial charge on any atom is 0.306 e. The van der Waals surface area contributed by atoms with Crippen molar-refractivity contribution in [1.29, 1.82) is 0 Å². The molecule has 0 heterocycles. The first-order valence-electron chi connectivity index (χ1n) is 23.1. The Bertz CT molecular complexity index is 1220. The van der Waals surface area contributed by atoms with Crippen molar-refractivity contribution in [1.82, 2.24) is 0 Å². The summed E-state index contributed by atoms with van der Waals surface area (Å²) in [5.74, 6) is -0.603. The maximum atomic E-state index is 12.7. The predicted octanol–water partition coefficient (Wildman–Crippen LogP) is 15.4. The van der Waals surface area contributed by atoms with Gasteiger partial charge in [0.1, 0.15) is 6.61 Å². The van der Waals surface area contributed by atoms with Crippen LogP contribution in [0.2, 0.25) is 0 Å². The molecule has 5 nitrogen and oxygen atoms in total. The summed E-state index contributed by atoms with van der Waals surface area (Å²) in [6.07, 6.45) is 66.6. The van der Waals surface area contributed by atoms with Crippen molar-refractivity contribution in [2.75, 3.05) is 19.8 Å². The second kappa shape index (κ2) is 47.7. The van der Waals surface area contributed by atoms with Gasteiger partial charge in [-0.05, 0) is 103 Å². The number of esters is 2. The van der Waals surface area contributed by atoms with Gasteiger partial charge in [-0.2, -0.15) is 0 Å². The molecule has 0 bridgehead atoms. The molecule has 1 atom stereocenters. The molecule has 0 saturated heterocycles. The summed E-state index contributed by atoms with van der Waals surface area (Å²) in [5.41, 5.74) is 0. The number of rotatable bonds is 40. The van der Waals surface area contributed by atoms with Crippen LogP contribution in [0.3, 0.4) is 0 Å². The van der Waals surface area contributed by atoms with Crippen molar-refractivity contribution in [3.8, 4) is 0 Å². The van der Waals surface area contributed by atoms with E-state index in [9.17, 15) is 9.59 Å². The molecular formula is C53H84O5. The summed E-state index contributed by atoms with van der Waals surface area (Å²) in [5, 5.41) is 0. The lowest BCUT2D eigenvalue weighted by molar-refractivity contribution is -0.162. The minimum atomic E-state index is -0.615. The Kier molecular flexibility index (Phi) is 44.6. The Hall–Kier alpha value is -3.70. The van der Waals surface area contributed by atoms with Crippen molar-refractivity contribution < 1.29 is 23.8 Å². The Morgan fingerprint density at radius 1 is 0.397 bits per heavy atom. The van der Waals surface area contributed by atoms with E-state index in [-0.39, 0.29) is 38.0 Å². The third-order valence-corrected chi connectivity index (χ3v) is 8.99. The first-order valence-corrected chi connectivity index (χ1v) is 23.1. The fraction of sp³-hybridized carbons (Fsp3) is 0.585. The summed E-state index contributed by atoms with van der Waals surface area (Å²) in [7, 11) is 0. The summed E-state index contributed by atoms with van der Waals surface area (Å²) < 4.78 is 17.2. The van der Waals surface area contributed by atoms with Crippen molar-refractivity contribution >= 4 is 11.9 Å². The lowest BCUT2D eigenvalue weighted by Gasteiger charge is -2.18. The molecule has 0 aromatic rings. The minimum Gasteiger partial charge on any atom is -0.462 e. The van der Waals surface area contributed by atoms with Crippen LogP contribution >= 0.6 is 0 Å². The van der Waals surface area contributed by atoms with Gasteiger partial charge in [0, 0.05) is 19.4 Å². The first-order chi connectivity index (χ1) is 28.6. The number of allylic oxidation sites excluding steroid dienone is 20. The largest absolute Gasteiger partial charge is 0.462 e. The van der Waals surface area contributed by atoms with E-state index in [2.05, 4.69) is 130 Å². The van der Waals surface area contributed by atoms with Gasteiger partial charge in [-0.1, -0.05) is 181 Å². The predicted molar refractivity (Wildman–Crippen MR) is 251 cm³/mol. The van der Waals surface area contributed by atoms with Crippen molar-refractivity contribution in [3.63, 3.8) is 0 Å². The van der Waals surface area contributed by atoms with Crippen LogP contribution in [0.1, 0.15) is 175 Å². The van der Waals surface area contributed by atoms with Crippen LogP contribution in [-0.4, -0.2) is 37.9 Å². The fourth-order valence-electron chi connectivity index (χ4n) is 5.62. The summed E-state index contributed by atoms with van der Waals surface area (Å²) in [6, 6.07) is 0. The van der Waals surface area contributed by atoms with E-state index in [1.807, 2.05) is 12.2 Å². The van der Waals surface area contributed by atoms with Crippen LogP contribution in [0.4, 0.5) is 0 Å². The van der Waals surface area contributed by atoms with Gasteiger partial charge in [0.15, 0.2) is 6.10 Å². The second-order valence-electron chi connectivity index (χ2n) is 14.5. The quantitative estimate of drug-likeness (QED) is 0.0351. The molecule has 0 aliphatic rings. The smallest absolute Gasteiger partial charge is 0.306 e. The number of ether oxygens (including phenoxy) is 3. The number of carbonyl (C=O) groups excluding carboxylic acids is 2. The van der Waals surface area contributed by atoms with Crippen molar-refractivity contribution in [2.24, 2.45) is 0 Å². The average Bonchev–Trinajstić information content (AvgIpc) is 3.22. The highest BCUT2D eigenvalue weighted by Crippen LogP contribution is 2.10. The van der Waals surface area contributed by atoms with Crippen LogP contribution in [0.25, 0.3) is 0 Å². The molecule has 1 unspecified atom stereocenters. The van der Waals surface area contributed by atoms with E-state index in [0.717, 1.165) is 77.0 Å². The van der Waals surface area contributed by atoms with E-state index in [1.165, 1.54) is 51.4 Å². The average molecular weight is 801 g/mol. The third kappa shape index (κ3) is 45.0. The molecule has 5 heteroatoms. The Morgan fingerprint density at radius 3 is 1.24 bits per heavy atom. The zero-order chi connectivity index (χ0) is 42.1. The Morgan fingerprint density at radius 2 is 0.776 bits per heavy atom. The first kappa shape index (κ1) is 54.3. The maximum absolute atomic E-state index is 12.7. The van der Waals surface area contributed by atoms with Gasteiger partial charge >= 0.3 is 11.9 Å². The molecule has 0 aliphatic heterocycles. The highest BCUT2D eigenvalue weighted by Gasteiger charge is 2.17. The van der Waals surface area contributed by atoms with Gasteiger partial charge in [-0.25, -0.2) is 0 Å². The molecule has 0 N–H and O–H groups in total. The van der Waals surface area contributed by atoms with Crippen LogP contribution in [-0.2, 0) is 23.8 Å². The molecule has 0 saturated carbocycles. The second-order valence-corrected chi connectivity index (χ2v) is 14.5. The lowest BCUT2D eigenvalue weighted by Crippen LogP contribution is -2.30. The monoisotopic (exact) mass is 801 g/mol. The topological polar surface area (TPSA) is 61.8 Å². The SMILES string of the molecule is CC/C=C\C/C=C\C/C=C\C/C=C\CCC(=O)OCC(COCCCCCCCC/C=C\C/C=C\CCCCC)OC(=O)CC/C=C\C/C=C\C/C=C\C/C=C\CC. The molecule has 0 fully saturated rings. The van der Waals surface area contributed by atoms with Crippen LogP contribution in [0, 0.1) is 0 Å². The zero-order valence-electron chi connectivity index (χ0n) is 37.3. The molecule has 0 rings (SSSR count). The molecule has 0 aromatic heterocycles. The highest BCUT2D eigenvalue weighted by atomic mass is 16.6. The molecule has 0 amide bonds. The molecule has 0 radical (unpaired) electrons. The minimum absolute atomic E-state index is 0.00639. The number of hydrogen-bond acceptors (Lipinski definition) is 5. The van der Waals surface area contributed by atoms with Gasteiger partial charge < -0.3 is 14.2 Å². The fourth-order valence-corrected chi connectivity index (χ4v) is 5.62. The molecule has 0 aliphatic carbocycles.